The first-order valence-electron chi connectivity index (χ1n) is 6.35. The molecule has 0 bridgehead atoms. The van der Waals surface area contributed by atoms with Gasteiger partial charge in [-0.2, -0.15) is 0 Å². The Balaban J connectivity index is 1.84. The Morgan fingerprint density at radius 3 is 3.00 bits per heavy atom. The van der Waals surface area contributed by atoms with Crippen molar-refractivity contribution in [2.24, 2.45) is 5.41 Å². The van der Waals surface area contributed by atoms with Gasteiger partial charge in [0.05, 0.1) is 22.8 Å². The second-order valence-electron chi connectivity index (χ2n) is 5.37. The topological polar surface area (TPSA) is 78.0 Å². The largest absolute Gasteiger partial charge is 0.481 e. The summed E-state index contributed by atoms with van der Waals surface area (Å²) in [7, 11) is 0. The number of H-pyrrole nitrogens is 1. The second-order valence-corrected chi connectivity index (χ2v) is 5.37. The van der Waals surface area contributed by atoms with Gasteiger partial charge in [0.1, 0.15) is 0 Å². The molecule has 1 heterocycles. The summed E-state index contributed by atoms with van der Waals surface area (Å²) in [6, 6.07) is 6.11. The zero-order valence-corrected chi connectivity index (χ0v) is 11.2. The van der Waals surface area contributed by atoms with Gasteiger partial charge in [-0.15, -0.1) is 0 Å². The fourth-order valence-corrected chi connectivity index (χ4v) is 1.85. The molecular weight excluding hydrogens is 242 g/mol. The molecule has 3 N–H and O–H groups in total. The summed E-state index contributed by atoms with van der Waals surface area (Å²) >= 11 is 0. The van der Waals surface area contributed by atoms with Crippen LogP contribution in [0.1, 0.15) is 19.4 Å². The molecule has 1 aromatic carbocycles. The van der Waals surface area contributed by atoms with E-state index in [0.717, 1.165) is 24.0 Å². The van der Waals surface area contributed by atoms with Crippen molar-refractivity contribution in [3.8, 4) is 0 Å². The van der Waals surface area contributed by atoms with E-state index in [1.807, 2.05) is 12.1 Å². The van der Waals surface area contributed by atoms with Gasteiger partial charge in [-0.25, -0.2) is 4.98 Å². The Morgan fingerprint density at radius 2 is 2.26 bits per heavy atom. The summed E-state index contributed by atoms with van der Waals surface area (Å²) in [5.74, 6) is -0.779. The number of nitrogens with one attached hydrogen (secondary N) is 2. The molecule has 0 aliphatic carbocycles. The molecule has 0 saturated heterocycles. The van der Waals surface area contributed by atoms with Crippen LogP contribution < -0.4 is 5.32 Å². The van der Waals surface area contributed by atoms with Crippen LogP contribution in [-0.4, -0.2) is 34.1 Å². The van der Waals surface area contributed by atoms with Crippen molar-refractivity contribution < 1.29 is 9.90 Å². The van der Waals surface area contributed by atoms with Crippen LogP contribution in [0.5, 0.6) is 0 Å². The molecule has 5 nitrogen and oxygen atoms in total. The molecule has 102 valence electrons. The summed E-state index contributed by atoms with van der Waals surface area (Å²) in [4.78, 5) is 18.2. The molecule has 0 aliphatic rings. The van der Waals surface area contributed by atoms with Gasteiger partial charge in [0, 0.05) is 6.54 Å². The summed E-state index contributed by atoms with van der Waals surface area (Å²) in [6.45, 7) is 4.67. The summed E-state index contributed by atoms with van der Waals surface area (Å²) in [5.41, 5.74) is 2.47. The Labute approximate surface area is 112 Å². The van der Waals surface area contributed by atoms with Crippen molar-refractivity contribution in [3.63, 3.8) is 0 Å². The van der Waals surface area contributed by atoms with Crippen LogP contribution in [0.2, 0.25) is 0 Å². The number of hydrogen-bond acceptors (Lipinski definition) is 3. The second kappa shape index (κ2) is 5.40. The molecule has 1 aromatic heterocycles. The van der Waals surface area contributed by atoms with Crippen LogP contribution in [0.15, 0.2) is 24.5 Å². The van der Waals surface area contributed by atoms with Crippen molar-refractivity contribution in [2.45, 2.75) is 20.3 Å². The third kappa shape index (κ3) is 3.32. The molecular formula is C14H19N3O2. The van der Waals surface area contributed by atoms with E-state index in [-0.39, 0.29) is 0 Å². The number of imidazole rings is 1. The third-order valence-corrected chi connectivity index (χ3v) is 3.22. The molecule has 0 radical (unpaired) electrons. The van der Waals surface area contributed by atoms with Crippen LogP contribution in [0.4, 0.5) is 0 Å². The quantitative estimate of drug-likeness (QED) is 0.693. The molecule has 5 heteroatoms. The monoisotopic (exact) mass is 261 g/mol. The normalized spacial score (nSPS) is 11.9. The average Bonchev–Trinajstić information content (AvgIpc) is 2.81. The van der Waals surface area contributed by atoms with Gasteiger partial charge in [0.15, 0.2) is 0 Å². The number of aromatic amines is 1. The zero-order valence-electron chi connectivity index (χ0n) is 11.2. The summed E-state index contributed by atoms with van der Waals surface area (Å²) in [6.07, 6.45) is 2.55. The number of rotatable bonds is 6. The van der Waals surface area contributed by atoms with E-state index in [1.54, 1.807) is 20.2 Å². The van der Waals surface area contributed by atoms with E-state index in [0.29, 0.717) is 6.54 Å². The molecule has 2 aromatic rings. The Kier molecular flexibility index (Phi) is 3.85. The highest BCUT2D eigenvalue weighted by Crippen LogP contribution is 2.14. The number of carbonyl (C=O) groups is 1. The van der Waals surface area contributed by atoms with Crippen LogP contribution >= 0.6 is 0 Å². The number of aliphatic carboxylic acids is 1. The molecule has 0 fully saturated rings. The number of benzene rings is 1. The zero-order chi connectivity index (χ0) is 13.9. The SMILES string of the molecule is CC(C)(CNCCc1ccc2nc[nH]c2c1)C(=O)O. The average molecular weight is 261 g/mol. The summed E-state index contributed by atoms with van der Waals surface area (Å²) in [5, 5.41) is 12.2. The highest BCUT2D eigenvalue weighted by molar-refractivity contribution is 5.75. The van der Waals surface area contributed by atoms with Crippen molar-refractivity contribution in [2.75, 3.05) is 13.1 Å². The number of carboxylic acid groups (broad SMARTS) is 1. The van der Waals surface area contributed by atoms with Gasteiger partial charge in [-0.3, -0.25) is 4.79 Å². The summed E-state index contributed by atoms with van der Waals surface area (Å²) < 4.78 is 0. The predicted molar refractivity (Wildman–Crippen MR) is 74.1 cm³/mol. The molecule has 2 rings (SSSR count). The van der Waals surface area contributed by atoms with E-state index in [2.05, 4.69) is 21.4 Å². The van der Waals surface area contributed by atoms with Crippen molar-refractivity contribution >= 4 is 17.0 Å². The Bertz CT molecular complexity index is 575. The van der Waals surface area contributed by atoms with E-state index in [4.69, 9.17) is 5.11 Å². The molecule has 0 spiro atoms. The Hall–Kier alpha value is -1.88. The number of aromatic nitrogens is 2. The fraction of sp³-hybridized carbons (Fsp3) is 0.429. The van der Waals surface area contributed by atoms with Crippen molar-refractivity contribution in [1.82, 2.24) is 15.3 Å². The van der Waals surface area contributed by atoms with Gasteiger partial charge in [0.2, 0.25) is 0 Å². The van der Waals surface area contributed by atoms with Crippen LogP contribution in [0.3, 0.4) is 0 Å². The van der Waals surface area contributed by atoms with Crippen LogP contribution in [0.25, 0.3) is 11.0 Å². The number of nitrogens with zero attached hydrogens (tertiary/aromatic N) is 1. The first-order chi connectivity index (χ1) is 8.99. The first-order valence-corrected chi connectivity index (χ1v) is 6.35. The highest BCUT2D eigenvalue weighted by atomic mass is 16.4. The fourth-order valence-electron chi connectivity index (χ4n) is 1.85. The van der Waals surface area contributed by atoms with Crippen molar-refractivity contribution in [3.05, 3.63) is 30.1 Å². The van der Waals surface area contributed by atoms with Gasteiger partial charge in [0.25, 0.3) is 0 Å². The number of hydrogen-bond donors (Lipinski definition) is 3. The third-order valence-electron chi connectivity index (χ3n) is 3.22. The van der Waals surface area contributed by atoms with Crippen LogP contribution in [-0.2, 0) is 11.2 Å². The van der Waals surface area contributed by atoms with Gasteiger partial charge in [-0.05, 0) is 44.5 Å². The number of fused-ring (bicyclic) bond motifs is 1. The maximum absolute atomic E-state index is 11.0. The lowest BCUT2D eigenvalue weighted by Crippen LogP contribution is -2.36. The molecule has 0 amide bonds. The van der Waals surface area contributed by atoms with E-state index in [9.17, 15) is 4.79 Å². The minimum Gasteiger partial charge on any atom is -0.481 e. The smallest absolute Gasteiger partial charge is 0.310 e. The lowest BCUT2D eigenvalue weighted by Gasteiger charge is -2.19. The lowest BCUT2D eigenvalue weighted by atomic mass is 9.94. The van der Waals surface area contributed by atoms with Gasteiger partial charge in [-0.1, -0.05) is 6.07 Å². The molecule has 0 saturated carbocycles. The molecule has 0 aliphatic heterocycles. The standard InChI is InChI=1S/C14H19N3O2/c1-14(2,13(18)19)8-15-6-5-10-3-4-11-12(7-10)17-9-16-11/h3-4,7,9,15H,5-6,8H2,1-2H3,(H,16,17)(H,18,19). The lowest BCUT2D eigenvalue weighted by molar-refractivity contribution is -0.146. The first kappa shape index (κ1) is 13.5. The maximum Gasteiger partial charge on any atom is 0.310 e. The van der Waals surface area contributed by atoms with E-state index >= 15 is 0 Å². The minimum absolute atomic E-state index is 0.467. The van der Waals surface area contributed by atoms with Crippen molar-refractivity contribution in [1.29, 1.82) is 0 Å². The molecule has 19 heavy (non-hydrogen) atoms. The highest BCUT2D eigenvalue weighted by Gasteiger charge is 2.26. The minimum atomic E-state index is -0.779. The van der Waals surface area contributed by atoms with E-state index in [1.165, 1.54) is 5.56 Å². The van der Waals surface area contributed by atoms with Crippen LogP contribution in [0, 0.1) is 5.41 Å². The van der Waals surface area contributed by atoms with Gasteiger partial charge < -0.3 is 15.4 Å². The molecule has 0 unspecified atom stereocenters. The van der Waals surface area contributed by atoms with E-state index < -0.39 is 11.4 Å². The Morgan fingerprint density at radius 1 is 1.47 bits per heavy atom. The molecule has 0 atom stereocenters. The maximum atomic E-state index is 11.0. The van der Waals surface area contributed by atoms with Gasteiger partial charge >= 0.3 is 5.97 Å². The number of carboxylic acids is 1. The predicted octanol–water partition coefficient (Wildman–Crippen LogP) is 1.81.